The quantitative estimate of drug-likeness (QED) is 0.878. The summed E-state index contributed by atoms with van der Waals surface area (Å²) in [6, 6.07) is 8.65. The molecule has 0 amide bonds. The molecule has 1 fully saturated rings. The molecule has 0 atom stereocenters. The summed E-state index contributed by atoms with van der Waals surface area (Å²) in [5.41, 5.74) is 1.67. The molecule has 1 heterocycles. The first-order valence-electron chi connectivity index (χ1n) is 7.84. The van der Waals surface area contributed by atoms with Gasteiger partial charge >= 0.3 is 0 Å². The molecule has 116 valence electrons. The number of hydrogen-bond donors (Lipinski definition) is 2. The number of anilines is 3. The fourth-order valence-corrected chi connectivity index (χ4v) is 2.82. The van der Waals surface area contributed by atoms with Crippen LogP contribution in [0.15, 0.2) is 30.3 Å². The van der Waals surface area contributed by atoms with Gasteiger partial charge in [0.2, 0.25) is 5.95 Å². The lowest BCUT2D eigenvalue weighted by Crippen LogP contribution is -2.23. The predicted molar refractivity (Wildman–Crippen MR) is 86.9 cm³/mol. The van der Waals surface area contributed by atoms with Crippen LogP contribution in [0, 0.1) is 12.7 Å². The van der Waals surface area contributed by atoms with Gasteiger partial charge in [-0.25, -0.2) is 9.37 Å². The lowest BCUT2D eigenvalue weighted by Gasteiger charge is -2.23. The highest BCUT2D eigenvalue weighted by Gasteiger charge is 2.14. The number of hydrogen-bond acceptors (Lipinski definition) is 4. The van der Waals surface area contributed by atoms with Crippen LogP contribution >= 0.6 is 0 Å². The minimum Gasteiger partial charge on any atom is -0.367 e. The average Bonchev–Trinajstić information content (AvgIpc) is 2.50. The molecule has 2 aromatic rings. The van der Waals surface area contributed by atoms with Crippen LogP contribution in [0.5, 0.6) is 0 Å². The minimum absolute atomic E-state index is 0.254. The van der Waals surface area contributed by atoms with Crippen LogP contribution in [-0.2, 0) is 0 Å². The summed E-state index contributed by atoms with van der Waals surface area (Å²) in [7, 11) is 0. The van der Waals surface area contributed by atoms with E-state index in [0.29, 0.717) is 12.0 Å². The van der Waals surface area contributed by atoms with E-state index in [4.69, 9.17) is 0 Å². The summed E-state index contributed by atoms with van der Waals surface area (Å²) >= 11 is 0. The number of benzene rings is 1. The second kappa shape index (κ2) is 6.73. The first-order chi connectivity index (χ1) is 10.7. The van der Waals surface area contributed by atoms with Crippen molar-refractivity contribution in [1.82, 2.24) is 9.97 Å². The van der Waals surface area contributed by atoms with Gasteiger partial charge in [0.05, 0.1) is 0 Å². The van der Waals surface area contributed by atoms with E-state index < -0.39 is 0 Å². The van der Waals surface area contributed by atoms with E-state index in [2.05, 4.69) is 20.6 Å². The molecule has 0 bridgehead atoms. The fourth-order valence-electron chi connectivity index (χ4n) is 2.82. The lowest BCUT2D eigenvalue weighted by molar-refractivity contribution is 0.462. The molecular weight excluding hydrogens is 279 g/mol. The summed E-state index contributed by atoms with van der Waals surface area (Å²) < 4.78 is 12.9. The van der Waals surface area contributed by atoms with Gasteiger partial charge in [-0.2, -0.15) is 4.98 Å². The van der Waals surface area contributed by atoms with Gasteiger partial charge in [-0.1, -0.05) is 19.3 Å². The number of aromatic nitrogens is 2. The Morgan fingerprint density at radius 2 is 1.77 bits per heavy atom. The van der Waals surface area contributed by atoms with Crippen molar-refractivity contribution in [2.24, 2.45) is 0 Å². The van der Waals surface area contributed by atoms with E-state index in [1.54, 1.807) is 12.1 Å². The maximum Gasteiger partial charge on any atom is 0.229 e. The van der Waals surface area contributed by atoms with Crippen LogP contribution in [0.2, 0.25) is 0 Å². The Bertz CT molecular complexity index is 621. The van der Waals surface area contributed by atoms with E-state index in [1.807, 2.05) is 13.0 Å². The molecule has 1 aromatic carbocycles. The molecule has 3 rings (SSSR count). The van der Waals surface area contributed by atoms with Crippen molar-refractivity contribution in [1.29, 1.82) is 0 Å². The molecule has 0 radical (unpaired) electrons. The number of rotatable bonds is 4. The topological polar surface area (TPSA) is 49.8 Å². The highest BCUT2D eigenvalue weighted by Crippen LogP contribution is 2.22. The van der Waals surface area contributed by atoms with Crippen LogP contribution in [0.1, 0.15) is 37.8 Å². The van der Waals surface area contributed by atoms with E-state index in [-0.39, 0.29) is 5.82 Å². The Balaban J connectivity index is 1.72. The van der Waals surface area contributed by atoms with Gasteiger partial charge in [0.1, 0.15) is 11.6 Å². The maximum atomic E-state index is 12.9. The first-order valence-corrected chi connectivity index (χ1v) is 7.84. The number of halogens is 1. The van der Waals surface area contributed by atoms with Gasteiger partial charge in [-0.15, -0.1) is 0 Å². The Kier molecular flexibility index (Phi) is 4.51. The Hall–Kier alpha value is -2.17. The van der Waals surface area contributed by atoms with Crippen LogP contribution in [0.3, 0.4) is 0 Å². The maximum absolute atomic E-state index is 12.9. The van der Waals surface area contributed by atoms with Crippen molar-refractivity contribution < 1.29 is 4.39 Å². The number of nitrogens with zero attached hydrogens (tertiary/aromatic N) is 2. The molecule has 5 heteroatoms. The van der Waals surface area contributed by atoms with Gasteiger partial charge in [0.25, 0.3) is 0 Å². The molecule has 1 aromatic heterocycles. The number of nitrogens with one attached hydrogen (secondary N) is 2. The van der Waals surface area contributed by atoms with E-state index >= 15 is 0 Å². The van der Waals surface area contributed by atoms with Gasteiger partial charge in [-0.05, 0) is 44.0 Å². The zero-order valence-corrected chi connectivity index (χ0v) is 12.8. The molecule has 0 spiro atoms. The van der Waals surface area contributed by atoms with Crippen molar-refractivity contribution >= 4 is 17.5 Å². The summed E-state index contributed by atoms with van der Waals surface area (Å²) in [4.78, 5) is 8.91. The van der Waals surface area contributed by atoms with Crippen molar-refractivity contribution in [2.45, 2.75) is 45.1 Å². The van der Waals surface area contributed by atoms with Gasteiger partial charge in [-0.3, -0.25) is 0 Å². The second-order valence-corrected chi connectivity index (χ2v) is 5.83. The van der Waals surface area contributed by atoms with Gasteiger partial charge in [0.15, 0.2) is 0 Å². The third-order valence-corrected chi connectivity index (χ3v) is 3.91. The Morgan fingerprint density at radius 1 is 1.05 bits per heavy atom. The summed E-state index contributed by atoms with van der Waals surface area (Å²) in [6.45, 7) is 1.95. The Morgan fingerprint density at radius 3 is 2.50 bits per heavy atom. The SMILES string of the molecule is Cc1cc(NC2CCCCC2)nc(Nc2ccc(F)cc2)n1. The van der Waals surface area contributed by atoms with Crippen molar-refractivity contribution in [3.63, 3.8) is 0 Å². The van der Waals surface area contributed by atoms with Crippen LogP contribution in [-0.4, -0.2) is 16.0 Å². The molecule has 0 saturated heterocycles. The lowest BCUT2D eigenvalue weighted by atomic mass is 9.95. The molecule has 0 unspecified atom stereocenters. The molecule has 1 saturated carbocycles. The molecule has 2 N–H and O–H groups in total. The van der Waals surface area contributed by atoms with E-state index in [1.165, 1.54) is 44.2 Å². The summed E-state index contributed by atoms with van der Waals surface area (Å²) in [6.07, 6.45) is 6.29. The standard InChI is InChI=1S/C17H21FN4/c1-12-11-16(20-14-5-3-2-4-6-14)22-17(19-12)21-15-9-7-13(18)8-10-15/h7-11,14H,2-6H2,1H3,(H2,19,20,21,22). The zero-order chi connectivity index (χ0) is 15.4. The molecule has 1 aliphatic rings. The average molecular weight is 300 g/mol. The van der Waals surface area contributed by atoms with E-state index in [9.17, 15) is 4.39 Å². The van der Waals surface area contributed by atoms with Crippen molar-refractivity contribution in [3.05, 3.63) is 41.8 Å². The van der Waals surface area contributed by atoms with Crippen molar-refractivity contribution in [2.75, 3.05) is 10.6 Å². The summed E-state index contributed by atoms with van der Waals surface area (Å²) in [5.74, 6) is 1.13. The summed E-state index contributed by atoms with van der Waals surface area (Å²) in [5, 5.41) is 6.63. The largest absolute Gasteiger partial charge is 0.367 e. The number of aryl methyl sites for hydroxylation is 1. The van der Waals surface area contributed by atoms with Crippen LogP contribution in [0.25, 0.3) is 0 Å². The minimum atomic E-state index is -0.254. The third-order valence-electron chi connectivity index (χ3n) is 3.91. The molecule has 22 heavy (non-hydrogen) atoms. The monoisotopic (exact) mass is 300 g/mol. The van der Waals surface area contributed by atoms with Gasteiger partial charge in [0, 0.05) is 23.5 Å². The smallest absolute Gasteiger partial charge is 0.229 e. The third kappa shape index (κ3) is 3.93. The molecule has 0 aliphatic heterocycles. The molecule has 1 aliphatic carbocycles. The molecule has 4 nitrogen and oxygen atoms in total. The van der Waals surface area contributed by atoms with Crippen LogP contribution < -0.4 is 10.6 Å². The van der Waals surface area contributed by atoms with Gasteiger partial charge < -0.3 is 10.6 Å². The van der Waals surface area contributed by atoms with Crippen molar-refractivity contribution in [3.8, 4) is 0 Å². The first kappa shape index (κ1) is 14.8. The highest BCUT2D eigenvalue weighted by molar-refractivity contribution is 5.55. The normalized spacial score (nSPS) is 15.5. The zero-order valence-electron chi connectivity index (χ0n) is 12.8. The van der Waals surface area contributed by atoms with Crippen LogP contribution in [0.4, 0.5) is 21.8 Å². The highest BCUT2D eigenvalue weighted by atomic mass is 19.1. The predicted octanol–water partition coefficient (Wildman–Crippen LogP) is 4.41. The second-order valence-electron chi connectivity index (χ2n) is 5.83. The Labute approximate surface area is 130 Å². The fraction of sp³-hybridized carbons (Fsp3) is 0.412. The molecular formula is C17H21FN4. The van der Waals surface area contributed by atoms with E-state index in [0.717, 1.165) is 17.2 Å².